The number of nitrogens with zero attached hydrogens (tertiary/aromatic N) is 4. The van der Waals surface area contributed by atoms with E-state index in [1.807, 2.05) is 26.0 Å². The molecule has 0 spiro atoms. The molecule has 0 N–H and O–H groups in total. The molecule has 0 radical (unpaired) electrons. The molecular weight excluding hydrogens is 405 g/mol. The van der Waals surface area contributed by atoms with Crippen LogP contribution >= 0.6 is 11.6 Å². The van der Waals surface area contributed by atoms with Crippen LogP contribution in [0.2, 0.25) is 5.02 Å². The molecule has 0 atom stereocenters. The van der Waals surface area contributed by atoms with Gasteiger partial charge in [-0.25, -0.2) is 4.68 Å². The molecule has 0 aliphatic carbocycles. The van der Waals surface area contributed by atoms with Crippen molar-refractivity contribution < 1.29 is 18.0 Å². The Morgan fingerprint density at radius 2 is 1.79 bits per heavy atom. The van der Waals surface area contributed by atoms with Crippen molar-refractivity contribution in [3.8, 4) is 5.69 Å². The molecule has 1 amide bonds. The molecule has 2 aromatic rings. The molecule has 158 valence electrons. The zero-order valence-corrected chi connectivity index (χ0v) is 17.2. The van der Waals surface area contributed by atoms with E-state index in [0.717, 1.165) is 22.6 Å². The van der Waals surface area contributed by atoms with Gasteiger partial charge in [0.05, 0.1) is 24.3 Å². The number of benzene rings is 1. The fourth-order valence-electron chi connectivity index (χ4n) is 3.66. The molecule has 5 nitrogen and oxygen atoms in total. The Morgan fingerprint density at radius 1 is 1.10 bits per heavy atom. The standard InChI is InChI=1S/C20H24ClF3N4O/c1-14-18(15(2)28(25-14)17-6-4-16(21)5-7-17)12-19(29)27-9-3-8-26(10-11-27)13-20(22,23)24/h4-7H,3,8-13H2,1-2H3. The first-order valence-electron chi connectivity index (χ1n) is 9.52. The number of rotatable bonds is 4. The predicted octanol–water partition coefficient (Wildman–Crippen LogP) is 3.78. The van der Waals surface area contributed by atoms with Gasteiger partial charge < -0.3 is 4.90 Å². The lowest BCUT2D eigenvalue weighted by atomic mass is 10.1. The van der Waals surface area contributed by atoms with Crippen molar-refractivity contribution in [3.05, 3.63) is 46.2 Å². The van der Waals surface area contributed by atoms with Gasteiger partial charge in [-0.1, -0.05) is 11.6 Å². The van der Waals surface area contributed by atoms with Crippen molar-refractivity contribution in [2.24, 2.45) is 0 Å². The second-order valence-electron chi connectivity index (χ2n) is 7.34. The molecule has 1 aromatic heterocycles. The van der Waals surface area contributed by atoms with Gasteiger partial charge in [-0.05, 0) is 44.5 Å². The smallest absolute Gasteiger partial charge is 0.341 e. The third-order valence-electron chi connectivity index (χ3n) is 5.18. The van der Waals surface area contributed by atoms with Gasteiger partial charge >= 0.3 is 6.18 Å². The maximum atomic E-state index is 12.8. The minimum atomic E-state index is -4.22. The van der Waals surface area contributed by atoms with Gasteiger partial charge in [-0.2, -0.15) is 18.3 Å². The largest absolute Gasteiger partial charge is 0.401 e. The fourth-order valence-corrected chi connectivity index (χ4v) is 3.79. The van der Waals surface area contributed by atoms with Crippen LogP contribution in [0.15, 0.2) is 24.3 Å². The van der Waals surface area contributed by atoms with Crippen LogP contribution in [0.25, 0.3) is 5.69 Å². The van der Waals surface area contributed by atoms with Gasteiger partial charge in [0.15, 0.2) is 0 Å². The van der Waals surface area contributed by atoms with Crippen LogP contribution in [0.1, 0.15) is 23.4 Å². The summed E-state index contributed by atoms with van der Waals surface area (Å²) >= 11 is 5.94. The molecule has 0 bridgehead atoms. The van der Waals surface area contributed by atoms with Crippen LogP contribution in [0.4, 0.5) is 13.2 Å². The summed E-state index contributed by atoms with van der Waals surface area (Å²) in [6, 6.07) is 7.28. The Hall–Kier alpha value is -2.06. The SMILES string of the molecule is Cc1nn(-c2ccc(Cl)cc2)c(C)c1CC(=O)N1CCCN(CC(F)(F)F)CC1. The Balaban J connectivity index is 1.68. The van der Waals surface area contributed by atoms with Gasteiger partial charge in [-0.15, -0.1) is 0 Å². The van der Waals surface area contributed by atoms with E-state index in [0.29, 0.717) is 31.1 Å². The first-order chi connectivity index (χ1) is 13.6. The fraction of sp³-hybridized carbons (Fsp3) is 0.500. The van der Waals surface area contributed by atoms with Crippen LogP contribution in [0, 0.1) is 13.8 Å². The third kappa shape index (κ3) is 5.51. The normalized spacial score (nSPS) is 16.1. The first kappa shape index (κ1) is 21.6. The minimum Gasteiger partial charge on any atom is -0.341 e. The zero-order chi connectivity index (χ0) is 21.2. The van der Waals surface area contributed by atoms with Crippen molar-refractivity contribution in [1.29, 1.82) is 0 Å². The van der Waals surface area contributed by atoms with Crippen molar-refractivity contribution in [2.45, 2.75) is 32.9 Å². The van der Waals surface area contributed by atoms with Gasteiger partial charge in [0.1, 0.15) is 0 Å². The van der Waals surface area contributed by atoms with E-state index in [1.54, 1.807) is 21.7 Å². The number of carbonyl (C=O) groups excluding carboxylic acids is 1. The van der Waals surface area contributed by atoms with Crippen LogP contribution in [-0.4, -0.2) is 64.4 Å². The highest BCUT2D eigenvalue weighted by atomic mass is 35.5. The van der Waals surface area contributed by atoms with Crippen LogP contribution in [-0.2, 0) is 11.2 Å². The molecule has 1 fully saturated rings. The number of aromatic nitrogens is 2. The lowest BCUT2D eigenvalue weighted by Gasteiger charge is -2.23. The van der Waals surface area contributed by atoms with Gasteiger partial charge in [0.25, 0.3) is 0 Å². The monoisotopic (exact) mass is 428 g/mol. The second-order valence-corrected chi connectivity index (χ2v) is 7.78. The number of hydrogen-bond acceptors (Lipinski definition) is 3. The molecule has 9 heteroatoms. The summed E-state index contributed by atoms with van der Waals surface area (Å²) in [4.78, 5) is 15.9. The molecule has 1 saturated heterocycles. The molecular formula is C20H24ClF3N4O. The Labute approximate surface area is 173 Å². The Bertz CT molecular complexity index is 864. The van der Waals surface area contributed by atoms with Crippen molar-refractivity contribution >= 4 is 17.5 Å². The Kier molecular flexibility index (Phi) is 6.53. The molecule has 1 aromatic carbocycles. The number of aryl methyl sites for hydroxylation is 1. The molecule has 29 heavy (non-hydrogen) atoms. The molecule has 1 aliphatic heterocycles. The minimum absolute atomic E-state index is 0.0827. The maximum absolute atomic E-state index is 12.8. The summed E-state index contributed by atoms with van der Waals surface area (Å²) in [5, 5.41) is 5.18. The first-order valence-corrected chi connectivity index (χ1v) is 9.90. The highest BCUT2D eigenvalue weighted by molar-refractivity contribution is 6.30. The summed E-state index contributed by atoms with van der Waals surface area (Å²) in [6.45, 7) is 4.18. The van der Waals surface area contributed by atoms with E-state index in [-0.39, 0.29) is 18.9 Å². The summed E-state index contributed by atoms with van der Waals surface area (Å²) < 4.78 is 39.7. The van der Waals surface area contributed by atoms with E-state index < -0.39 is 12.7 Å². The van der Waals surface area contributed by atoms with E-state index in [4.69, 9.17) is 11.6 Å². The summed E-state index contributed by atoms with van der Waals surface area (Å²) in [5.74, 6) is -0.0827. The van der Waals surface area contributed by atoms with E-state index in [1.165, 1.54) is 4.90 Å². The number of halogens is 4. The van der Waals surface area contributed by atoms with E-state index in [2.05, 4.69) is 5.10 Å². The molecule has 2 heterocycles. The van der Waals surface area contributed by atoms with Crippen LogP contribution < -0.4 is 0 Å². The average Bonchev–Trinajstić information content (AvgIpc) is 2.81. The van der Waals surface area contributed by atoms with Gasteiger partial charge in [-0.3, -0.25) is 9.69 Å². The van der Waals surface area contributed by atoms with Crippen molar-refractivity contribution in [2.75, 3.05) is 32.7 Å². The number of hydrogen-bond donors (Lipinski definition) is 0. The molecule has 0 unspecified atom stereocenters. The summed E-state index contributed by atoms with van der Waals surface area (Å²) in [7, 11) is 0. The number of amides is 1. The molecule has 0 saturated carbocycles. The summed E-state index contributed by atoms with van der Waals surface area (Å²) in [6.07, 6.45) is -3.50. The van der Waals surface area contributed by atoms with Gasteiger partial charge in [0.2, 0.25) is 5.91 Å². The van der Waals surface area contributed by atoms with Gasteiger partial charge in [0, 0.05) is 42.5 Å². The lowest BCUT2D eigenvalue weighted by molar-refractivity contribution is -0.145. The van der Waals surface area contributed by atoms with Crippen molar-refractivity contribution in [1.82, 2.24) is 19.6 Å². The predicted molar refractivity (Wildman–Crippen MR) is 105 cm³/mol. The molecule has 1 aliphatic rings. The van der Waals surface area contributed by atoms with Crippen molar-refractivity contribution in [3.63, 3.8) is 0 Å². The Morgan fingerprint density at radius 3 is 2.45 bits per heavy atom. The number of alkyl halides is 3. The zero-order valence-electron chi connectivity index (χ0n) is 16.5. The maximum Gasteiger partial charge on any atom is 0.401 e. The van der Waals surface area contributed by atoms with E-state index in [9.17, 15) is 18.0 Å². The highest BCUT2D eigenvalue weighted by Crippen LogP contribution is 2.21. The third-order valence-corrected chi connectivity index (χ3v) is 5.44. The molecule has 3 rings (SSSR count). The summed E-state index contributed by atoms with van der Waals surface area (Å²) in [5.41, 5.74) is 3.33. The highest BCUT2D eigenvalue weighted by Gasteiger charge is 2.32. The van der Waals surface area contributed by atoms with Crippen LogP contribution in [0.5, 0.6) is 0 Å². The quantitative estimate of drug-likeness (QED) is 0.744. The average molecular weight is 429 g/mol. The number of carbonyl (C=O) groups is 1. The topological polar surface area (TPSA) is 41.4 Å². The lowest BCUT2D eigenvalue weighted by Crippen LogP contribution is -2.39. The van der Waals surface area contributed by atoms with E-state index >= 15 is 0 Å². The second kappa shape index (κ2) is 8.75. The van der Waals surface area contributed by atoms with Crippen LogP contribution in [0.3, 0.4) is 0 Å².